The van der Waals surface area contributed by atoms with E-state index in [4.69, 9.17) is 21.1 Å². The van der Waals surface area contributed by atoms with Crippen molar-refractivity contribution in [3.8, 4) is 22.1 Å². The van der Waals surface area contributed by atoms with Gasteiger partial charge in [-0.15, -0.1) is 22.9 Å². The molecular weight excluding hydrogens is 326 g/mol. The minimum Gasteiger partial charge on any atom is -0.454 e. The Morgan fingerprint density at radius 2 is 2.29 bits per heavy atom. The molecule has 0 N–H and O–H groups in total. The predicted octanol–water partition coefficient (Wildman–Crippen LogP) is 4.04. The average Bonchev–Trinajstić information content (AvgIpc) is 2.97. The lowest BCUT2D eigenvalue weighted by atomic mass is 10.2. The third-order valence-corrected chi connectivity index (χ3v) is 4.17. The molecule has 88 valence electrons. The fourth-order valence-corrected chi connectivity index (χ4v) is 3.18. The zero-order valence-electron chi connectivity index (χ0n) is 8.57. The predicted molar refractivity (Wildman–Crippen MR) is 70.9 cm³/mol. The van der Waals surface area contributed by atoms with Crippen molar-refractivity contribution in [2.75, 3.05) is 6.79 Å². The van der Waals surface area contributed by atoms with Crippen molar-refractivity contribution in [2.24, 2.45) is 0 Å². The van der Waals surface area contributed by atoms with Crippen molar-refractivity contribution in [1.82, 2.24) is 4.98 Å². The molecule has 0 saturated carbocycles. The van der Waals surface area contributed by atoms with E-state index >= 15 is 0 Å². The number of nitrogens with zero attached hydrogens (tertiary/aromatic N) is 1. The monoisotopic (exact) mass is 331 g/mol. The van der Waals surface area contributed by atoms with Crippen molar-refractivity contribution in [3.05, 3.63) is 27.7 Å². The second kappa shape index (κ2) is 4.48. The van der Waals surface area contributed by atoms with Gasteiger partial charge in [-0.05, 0) is 28.1 Å². The summed E-state index contributed by atoms with van der Waals surface area (Å²) < 4.78 is 11.6. The molecule has 0 atom stereocenters. The average molecular weight is 333 g/mol. The number of ether oxygens (including phenoxy) is 2. The van der Waals surface area contributed by atoms with E-state index in [0.717, 1.165) is 32.2 Å². The highest BCUT2D eigenvalue weighted by Crippen LogP contribution is 2.42. The molecule has 2 aromatic rings. The summed E-state index contributed by atoms with van der Waals surface area (Å²) in [6, 6.07) is 3.91. The second-order valence-electron chi connectivity index (χ2n) is 3.47. The number of aromatic nitrogens is 1. The van der Waals surface area contributed by atoms with E-state index in [0.29, 0.717) is 5.88 Å². The first-order valence-corrected chi connectivity index (χ1v) is 7.08. The van der Waals surface area contributed by atoms with E-state index < -0.39 is 0 Å². The van der Waals surface area contributed by atoms with Gasteiger partial charge in [0, 0.05) is 10.9 Å². The van der Waals surface area contributed by atoms with Gasteiger partial charge in [0.2, 0.25) is 6.79 Å². The molecule has 3 rings (SSSR count). The van der Waals surface area contributed by atoms with Gasteiger partial charge in [0.1, 0.15) is 5.01 Å². The molecule has 0 fully saturated rings. The maximum Gasteiger partial charge on any atom is 0.231 e. The summed E-state index contributed by atoms with van der Waals surface area (Å²) in [6.07, 6.45) is 0. The zero-order chi connectivity index (χ0) is 11.8. The molecule has 1 aliphatic heterocycles. The van der Waals surface area contributed by atoms with E-state index in [-0.39, 0.29) is 6.79 Å². The van der Waals surface area contributed by atoms with Crippen LogP contribution in [0.15, 0.2) is 22.0 Å². The van der Waals surface area contributed by atoms with Crippen molar-refractivity contribution < 1.29 is 9.47 Å². The van der Waals surface area contributed by atoms with Gasteiger partial charge in [0.05, 0.1) is 16.0 Å². The minimum atomic E-state index is 0.266. The molecule has 0 saturated heterocycles. The number of hydrogen-bond acceptors (Lipinski definition) is 4. The third kappa shape index (κ3) is 2.03. The topological polar surface area (TPSA) is 31.4 Å². The Bertz CT molecular complexity index is 573. The number of benzene rings is 1. The molecule has 0 amide bonds. The molecule has 17 heavy (non-hydrogen) atoms. The molecule has 1 aliphatic rings. The Balaban J connectivity index is 2.06. The molecule has 0 spiro atoms. The summed E-state index contributed by atoms with van der Waals surface area (Å²) in [7, 11) is 0. The highest BCUT2D eigenvalue weighted by atomic mass is 79.9. The molecule has 3 nitrogen and oxygen atoms in total. The molecule has 0 unspecified atom stereocenters. The van der Waals surface area contributed by atoms with Gasteiger partial charge in [0.25, 0.3) is 0 Å². The SMILES string of the molecule is ClCc1csc(-c2cc(Br)c3c(c2)OCO3)n1. The van der Waals surface area contributed by atoms with Gasteiger partial charge < -0.3 is 9.47 Å². The van der Waals surface area contributed by atoms with Crippen LogP contribution in [0.5, 0.6) is 11.5 Å². The van der Waals surface area contributed by atoms with Crippen LogP contribution >= 0.6 is 38.9 Å². The smallest absolute Gasteiger partial charge is 0.231 e. The van der Waals surface area contributed by atoms with Crippen LogP contribution in [0.1, 0.15) is 5.69 Å². The molecule has 0 bridgehead atoms. The quantitative estimate of drug-likeness (QED) is 0.778. The maximum atomic E-state index is 5.74. The minimum absolute atomic E-state index is 0.266. The number of thiazole rings is 1. The lowest BCUT2D eigenvalue weighted by molar-refractivity contribution is 0.173. The summed E-state index contributed by atoms with van der Waals surface area (Å²) in [4.78, 5) is 4.43. The molecule has 1 aromatic heterocycles. The van der Waals surface area contributed by atoms with Gasteiger partial charge in [0.15, 0.2) is 11.5 Å². The summed E-state index contributed by atoms with van der Waals surface area (Å²) >= 11 is 10.8. The lowest BCUT2D eigenvalue weighted by Gasteiger charge is -2.02. The zero-order valence-corrected chi connectivity index (χ0v) is 11.7. The number of fused-ring (bicyclic) bond motifs is 1. The maximum absolute atomic E-state index is 5.74. The third-order valence-electron chi connectivity index (χ3n) is 2.36. The molecule has 0 aliphatic carbocycles. The van der Waals surface area contributed by atoms with E-state index in [9.17, 15) is 0 Å². The fraction of sp³-hybridized carbons (Fsp3) is 0.182. The van der Waals surface area contributed by atoms with Crippen LogP contribution in [-0.4, -0.2) is 11.8 Å². The van der Waals surface area contributed by atoms with Crippen LogP contribution in [0.25, 0.3) is 10.6 Å². The highest BCUT2D eigenvalue weighted by Gasteiger charge is 2.19. The van der Waals surface area contributed by atoms with Gasteiger partial charge in [-0.3, -0.25) is 0 Å². The number of rotatable bonds is 2. The van der Waals surface area contributed by atoms with Crippen LogP contribution in [0.3, 0.4) is 0 Å². The van der Waals surface area contributed by atoms with Crippen LogP contribution in [-0.2, 0) is 5.88 Å². The Morgan fingerprint density at radius 3 is 3.06 bits per heavy atom. The number of alkyl halides is 1. The van der Waals surface area contributed by atoms with Crippen LogP contribution in [0, 0.1) is 0 Å². The van der Waals surface area contributed by atoms with Crippen molar-refractivity contribution in [3.63, 3.8) is 0 Å². The van der Waals surface area contributed by atoms with Gasteiger partial charge in [-0.1, -0.05) is 0 Å². The summed E-state index contributed by atoms with van der Waals surface area (Å²) in [5.41, 5.74) is 1.89. The first kappa shape index (κ1) is 11.3. The fourth-order valence-electron chi connectivity index (χ4n) is 1.59. The van der Waals surface area contributed by atoms with Gasteiger partial charge in [-0.2, -0.15) is 0 Å². The van der Waals surface area contributed by atoms with Crippen molar-refractivity contribution in [1.29, 1.82) is 0 Å². The first-order valence-electron chi connectivity index (χ1n) is 4.88. The Morgan fingerprint density at radius 1 is 1.41 bits per heavy atom. The summed E-state index contributed by atoms with van der Waals surface area (Å²) in [6.45, 7) is 0.266. The van der Waals surface area contributed by atoms with E-state index in [2.05, 4.69) is 20.9 Å². The van der Waals surface area contributed by atoms with Crippen molar-refractivity contribution >= 4 is 38.9 Å². The van der Waals surface area contributed by atoms with Gasteiger partial charge >= 0.3 is 0 Å². The number of halogens is 2. The summed E-state index contributed by atoms with van der Waals surface area (Å²) in [5, 5.41) is 2.89. The van der Waals surface area contributed by atoms with Crippen molar-refractivity contribution in [2.45, 2.75) is 5.88 Å². The van der Waals surface area contributed by atoms with Crippen LogP contribution in [0.4, 0.5) is 0 Å². The largest absolute Gasteiger partial charge is 0.454 e. The molecule has 2 heterocycles. The second-order valence-corrected chi connectivity index (χ2v) is 5.45. The van der Waals surface area contributed by atoms with E-state index in [1.165, 1.54) is 0 Å². The Kier molecular flexibility index (Phi) is 2.98. The lowest BCUT2D eigenvalue weighted by Crippen LogP contribution is -1.93. The van der Waals surface area contributed by atoms with Crippen LogP contribution in [0.2, 0.25) is 0 Å². The first-order chi connectivity index (χ1) is 8.28. The standard InChI is InChI=1S/C11H7BrClNO2S/c12-8-1-6(2-9-10(8)16-5-15-9)11-14-7(3-13)4-17-11/h1-2,4H,3,5H2. The van der Waals surface area contributed by atoms with Crippen LogP contribution < -0.4 is 9.47 Å². The van der Waals surface area contributed by atoms with E-state index in [1.807, 2.05) is 17.5 Å². The Hall–Kier alpha value is -0.780. The highest BCUT2D eigenvalue weighted by molar-refractivity contribution is 9.10. The normalized spacial score (nSPS) is 13.1. The molecule has 0 radical (unpaired) electrons. The Labute approximate surface area is 115 Å². The summed E-state index contributed by atoms with van der Waals surface area (Å²) in [5.74, 6) is 1.93. The van der Waals surface area contributed by atoms with E-state index in [1.54, 1.807) is 11.3 Å². The van der Waals surface area contributed by atoms with Gasteiger partial charge in [-0.25, -0.2) is 4.98 Å². The number of hydrogen-bond donors (Lipinski definition) is 0. The molecule has 1 aromatic carbocycles. The molecular formula is C11H7BrClNO2S. The molecule has 6 heteroatoms.